The van der Waals surface area contributed by atoms with Crippen molar-refractivity contribution in [3.05, 3.63) is 182 Å². The fraction of sp³-hybridized carbons (Fsp3) is 0. The van der Waals surface area contributed by atoms with Crippen LogP contribution in [0.15, 0.2) is 186 Å². The van der Waals surface area contributed by atoms with Gasteiger partial charge >= 0.3 is 0 Å². The molecule has 0 spiro atoms. The lowest BCUT2D eigenvalue weighted by atomic mass is 9.93. The van der Waals surface area contributed by atoms with Gasteiger partial charge in [0.15, 0.2) is 23.1 Å². The normalized spacial score (nSPS) is 11.6. The minimum Gasteiger partial charge on any atom is -0.454 e. The second-order valence-corrected chi connectivity index (χ2v) is 13.8. The van der Waals surface area contributed by atoms with Crippen LogP contribution in [0, 0.1) is 0 Å². The van der Waals surface area contributed by atoms with Gasteiger partial charge in [0.1, 0.15) is 11.3 Å². The maximum absolute atomic E-state index is 6.72. The molecule has 0 atom stereocenters. The minimum atomic E-state index is 0.618. The van der Waals surface area contributed by atoms with Gasteiger partial charge in [-0.15, -0.1) is 0 Å². The molecule has 0 fully saturated rings. The monoisotopic (exact) mass is 702 g/mol. The van der Waals surface area contributed by atoms with Gasteiger partial charge in [-0.25, -0.2) is 19.9 Å². The third kappa shape index (κ3) is 5.17. The molecular formula is C50H30N4O. The molecule has 0 unspecified atom stereocenters. The van der Waals surface area contributed by atoms with E-state index in [2.05, 4.69) is 109 Å². The second kappa shape index (κ2) is 12.6. The van der Waals surface area contributed by atoms with Crippen LogP contribution < -0.4 is 0 Å². The van der Waals surface area contributed by atoms with Crippen LogP contribution in [-0.4, -0.2) is 19.9 Å². The summed E-state index contributed by atoms with van der Waals surface area (Å²) in [7, 11) is 0. The summed E-state index contributed by atoms with van der Waals surface area (Å²) >= 11 is 0. The van der Waals surface area contributed by atoms with E-state index in [1.807, 2.05) is 72.8 Å². The maximum atomic E-state index is 6.72. The standard InChI is InChI=1S/C50H30N4O/c1-3-14-32(15-4-1)48-52-49(33-16-5-2-6-17-33)54-50(53-48)34-28-26-31(27-29-34)37-23-13-24-41-44-40-22-11-12-25-43(40)55-47(44)46(51-45(37)41)42-30-35-18-7-8-19-36(35)38-20-9-10-21-39(38)42/h1-30H. The molecule has 0 amide bonds. The Morgan fingerprint density at radius 1 is 0.345 bits per heavy atom. The zero-order valence-electron chi connectivity index (χ0n) is 29.5. The molecule has 5 heteroatoms. The van der Waals surface area contributed by atoms with Crippen molar-refractivity contribution in [3.63, 3.8) is 0 Å². The molecule has 256 valence electrons. The Morgan fingerprint density at radius 2 is 0.873 bits per heavy atom. The minimum absolute atomic E-state index is 0.618. The van der Waals surface area contributed by atoms with E-state index in [-0.39, 0.29) is 0 Å². The van der Waals surface area contributed by atoms with Crippen molar-refractivity contribution in [3.8, 4) is 56.5 Å². The fourth-order valence-corrected chi connectivity index (χ4v) is 7.91. The number of fused-ring (bicyclic) bond motifs is 8. The molecule has 0 saturated carbocycles. The molecular weight excluding hydrogens is 673 g/mol. The van der Waals surface area contributed by atoms with Crippen molar-refractivity contribution in [2.24, 2.45) is 0 Å². The Kier molecular flexibility index (Phi) is 7.10. The summed E-state index contributed by atoms with van der Waals surface area (Å²) in [5, 5.41) is 7.89. The number of benzene rings is 8. The highest BCUT2D eigenvalue weighted by Crippen LogP contribution is 2.44. The number of hydrogen-bond acceptors (Lipinski definition) is 5. The number of furan rings is 1. The van der Waals surface area contributed by atoms with E-state index in [4.69, 9.17) is 24.4 Å². The van der Waals surface area contributed by atoms with Crippen LogP contribution in [0.1, 0.15) is 0 Å². The average Bonchev–Trinajstić information content (AvgIpc) is 3.66. The van der Waals surface area contributed by atoms with E-state index in [1.165, 1.54) is 10.8 Å². The smallest absolute Gasteiger partial charge is 0.164 e. The average molecular weight is 703 g/mol. The second-order valence-electron chi connectivity index (χ2n) is 13.8. The van der Waals surface area contributed by atoms with Crippen molar-refractivity contribution in [2.45, 2.75) is 0 Å². The molecule has 0 aliphatic heterocycles. The molecule has 8 aromatic carbocycles. The Morgan fingerprint density at radius 3 is 1.56 bits per heavy atom. The first kappa shape index (κ1) is 31.1. The van der Waals surface area contributed by atoms with Gasteiger partial charge in [0.05, 0.1) is 5.52 Å². The third-order valence-electron chi connectivity index (χ3n) is 10.5. The van der Waals surface area contributed by atoms with Gasteiger partial charge in [0, 0.05) is 44.0 Å². The molecule has 11 aromatic rings. The predicted octanol–water partition coefficient (Wildman–Crippen LogP) is 13.0. The summed E-state index contributed by atoms with van der Waals surface area (Å²) in [6, 6.07) is 62.7. The molecule has 0 bridgehead atoms. The Labute approximate surface area is 316 Å². The SMILES string of the molecule is c1ccc(-c2nc(-c3ccccc3)nc(-c3ccc(-c4cccc5c4nc(-c4cc6ccccc6c6ccccc46)c4oc6ccccc6c45)cc3)n2)cc1. The van der Waals surface area contributed by atoms with Crippen LogP contribution in [0.25, 0.3) is 111 Å². The van der Waals surface area contributed by atoms with Crippen LogP contribution >= 0.6 is 0 Å². The zero-order chi connectivity index (χ0) is 36.3. The van der Waals surface area contributed by atoms with Gasteiger partial charge in [-0.05, 0) is 39.2 Å². The highest BCUT2D eigenvalue weighted by Gasteiger charge is 2.22. The molecule has 0 N–H and O–H groups in total. The van der Waals surface area contributed by atoms with Crippen molar-refractivity contribution >= 4 is 54.4 Å². The van der Waals surface area contributed by atoms with E-state index in [1.54, 1.807) is 0 Å². The topological polar surface area (TPSA) is 64.7 Å². The van der Waals surface area contributed by atoms with Gasteiger partial charge in [-0.3, -0.25) is 0 Å². The molecule has 55 heavy (non-hydrogen) atoms. The summed E-state index contributed by atoms with van der Waals surface area (Å²) < 4.78 is 6.72. The lowest BCUT2D eigenvalue weighted by molar-refractivity contribution is 0.669. The Hall–Kier alpha value is -7.50. The molecule has 0 radical (unpaired) electrons. The summed E-state index contributed by atoms with van der Waals surface area (Å²) in [6.07, 6.45) is 0. The number of para-hydroxylation sites is 2. The van der Waals surface area contributed by atoms with Crippen LogP contribution in [0.3, 0.4) is 0 Å². The Bertz CT molecular complexity index is 3190. The molecule has 3 aromatic heterocycles. The van der Waals surface area contributed by atoms with Gasteiger partial charge in [-0.1, -0.05) is 170 Å². The molecule has 5 nitrogen and oxygen atoms in total. The van der Waals surface area contributed by atoms with Crippen LogP contribution in [-0.2, 0) is 0 Å². The first-order valence-corrected chi connectivity index (χ1v) is 18.4. The van der Waals surface area contributed by atoms with Crippen molar-refractivity contribution in [1.29, 1.82) is 0 Å². The number of aromatic nitrogens is 4. The first-order chi connectivity index (χ1) is 27.3. The Balaban J connectivity index is 1.12. The summed E-state index contributed by atoms with van der Waals surface area (Å²) in [5.41, 5.74) is 9.29. The van der Waals surface area contributed by atoms with E-state index in [9.17, 15) is 0 Å². The van der Waals surface area contributed by atoms with Crippen molar-refractivity contribution < 1.29 is 4.42 Å². The van der Waals surface area contributed by atoms with Crippen LogP contribution in [0.2, 0.25) is 0 Å². The van der Waals surface area contributed by atoms with E-state index in [0.717, 1.165) is 82.7 Å². The summed E-state index contributed by atoms with van der Waals surface area (Å²) in [5.74, 6) is 1.89. The van der Waals surface area contributed by atoms with Crippen molar-refractivity contribution in [1.82, 2.24) is 19.9 Å². The molecule has 0 aliphatic carbocycles. The molecule has 0 aliphatic rings. The van der Waals surface area contributed by atoms with Crippen LogP contribution in [0.4, 0.5) is 0 Å². The van der Waals surface area contributed by atoms with E-state index >= 15 is 0 Å². The first-order valence-electron chi connectivity index (χ1n) is 18.4. The maximum Gasteiger partial charge on any atom is 0.164 e. The number of hydrogen-bond donors (Lipinski definition) is 0. The predicted molar refractivity (Wildman–Crippen MR) is 225 cm³/mol. The zero-order valence-corrected chi connectivity index (χ0v) is 29.5. The number of rotatable bonds is 5. The summed E-state index contributed by atoms with van der Waals surface area (Å²) in [6.45, 7) is 0. The number of pyridine rings is 1. The number of nitrogens with zero attached hydrogens (tertiary/aromatic N) is 4. The molecule has 3 heterocycles. The highest BCUT2D eigenvalue weighted by atomic mass is 16.3. The lowest BCUT2D eigenvalue weighted by Crippen LogP contribution is -2.00. The van der Waals surface area contributed by atoms with Crippen molar-refractivity contribution in [2.75, 3.05) is 0 Å². The largest absolute Gasteiger partial charge is 0.454 e. The highest BCUT2D eigenvalue weighted by molar-refractivity contribution is 6.24. The van der Waals surface area contributed by atoms with E-state index in [0.29, 0.717) is 17.5 Å². The lowest BCUT2D eigenvalue weighted by Gasteiger charge is -2.14. The quantitative estimate of drug-likeness (QED) is 0.167. The van der Waals surface area contributed by atoms with E-state index < -0.39 is 0 Å². The third-order valence-corrected chi connectivity index (χ3v) is 10.5. The van der Waals surface area contributed by atoms with Gasteiger partial charge in [-0.2, -0.15) is 0 Å². The molecule has 0 saturated heterocycles. The summed E-state index contributed by atoms with van der Waals surface area (Å²) in [4.78, 5) is 20.3. The molecule has 11 rings (SSSR count). The van der Waals surface area contributed by atoms with Gasteiger partial charge < -0.3 is 4.42 Å². The fourth-order valence-electron chi connectivity index (χ4n) is 7.91. The van der Waals surface area contributed by atoms with Gasteiger partial charge in [0.2, 0.25) is 0 Å². The van der Waals surface area contributed by atoms with Gasteiger partial charge in [0.25, 0.3) is 0 Å². The van der Waals surface area contributed by atoms with Crippen LogP contribution in [0.5, 0.6) is 0 Å².